The highest BCUT2D eigenvalue weighted by Gasteiger charge is 2.31. The van der Waals surface area contributed by atoms with Gasteiger partial charge in [0.05, 0.1) is 16.6 Å². The topological polar surface area (TPSA) is 111 Å². The molecule has 8 heteroatoms. The summed E-state index contributed by atoms with van der Waals surface area (Å²) in [4.78, 5) is 51.1. The van der Waals surface area contributed by atoms with Crippen LogP contribution in [0.15, 0.2) is 71.5 Å². The minimum atomic E-state index is -0.570. The average Bonchev–Trinajstić information content (AvgIpc) is 2.79. The highest BCUT2D eigenvalue weighted by molar-refractivity contribution is 6.30. The first kappa shape index (κ1) is 18.6. The Kier molecular flexibility index (Phi) is 4.25. The van der Waals surface area contributed by atoms with Crippen LogP contribution in [0.4, 0.5) is 5.69 Å². The average molecular weight is 410 g/mol. The van der Waals surface area contributed by atoms with Gasteiger partial charge in [-0.1, -0.05) is 53.7 Å². The first-order valence-electron chi connectivity index (χ1n) is 9.48. The molecule has 150 valence electrons. The van der Waals surface area contributed by atoms with Crippen molar-refractivity contribution in [2.45, 2.75) is 6.54 Å². The Bertz CT molecular complexity index is 1470. The lowest BCUT2D eigenvalue weighted by Gasteiger charge is -2.20. The van der Waals surface area contributed by atoms with Crippen molar-refractivity contribution in [3.8, 4) is 0 Å². The molecule has 8 nitrogen and oxygen atoms in total. The lowest BCUT2D eigenvalue weighted by atomic mass is 9.83. The fraction of sp³-hybridized carbons (Fsp3) is 0.0435. The minimum absolute atomic E-state index is 0.136. The zero-order chi connectivity index (χ0) is 21.5. The molecule has 0 aliphatic heterocycles. The van der Waals surface area contributed by atoms with Gasteiger partial charge in [-0.15, -0.1) is 5.10 Å². The molecule has 1 amide bonds. The van der Waals surface area contributed by atoms with Gasteiger partial charge in [0.1, 0.15) is 12.1 Å². The fourth-order valence-electron chi connectivity index (χ4n) is 3.70. The number of amides is 1. The van der Waals surface area contributed by atoms with E-state index < -0.39 is 11.5 Å². The van der Waals surface area contributed by atoms with Crippen molar-refractivity contribution in [1.29, 1.82) is 0 Å². The number of hydrogen-bond acceptors (Lipinski definition) is 6. The molecule has 0 fully saturated rings. The first-order chi connectivity index (χ1) is 15.0. The number of hydrogen-bond donors (Lipinski definition) is 1. The Balaban J connectivity index is 1.47. The molecule has 1 N–H and O–H groups in total. The van der Waals surface area contributed by atoms with Crippen LogP contribution in [0.3, 0.4) is 0 Å². The summed E-state index contributed by atoms with van der Waals surface area (Å²) in [5, 5.41) is 10.7. The van der Waals surface area contributed by atoms with Gasteiger partial charge in [0, 0.05) is 16.7 Å². The lowest BCUT2D eigenvalue weighted by Crippen LogP contribution is -2.31. The molecule has 5 rings (SSSR count). The van der Waals surface area contributed by atoms with E-state index in [1.165, 1.54) is 0 Å². The third kappa shape index (κ3) is 3.01. The van der Waals surface area contributed by atoms with Crippen LogP contribution in [0.2, 0.25) is 0 Å². The van der Waals surface area contributed by atoms with Crippen LogP contribution >= 0.6 is 0 Å². The predicted octanol–water partition coefficient (Wildman–Crippen LogP) is 2.21. The Labute approximate surface area is 175 Å². The largest absolute Gasteiger partial charge is 0.324 e. The van der Waals surface area contributed by atoms with Gasteiger partial charge in [0.15, 0.2) is 11.6 Å². The molecule has 0 saturated heterocycles. The number of rotatable bonds is 3. The van der Waals surface area contributed by atoms with E-state index in [2.05, 4.69) is 15.6 Å². The Hall–Kier alpha value is -4.46. The van der Waals surface area contributed by atoms with Crippen LogP contribution in [0.1, 0.15) is 31.8 Å². The summed E-state index contributed by atoms with van der Waals surface area (Å²) in [6.45, 7) is -0.390. The molecule has 1 aliphatic carbocycles. The van der Waals surface area contributed by atoms with Crippen LogP contribution in [-0.2, 0) is 11.3 Å². The minimum Gasteiger partial charge on any atom is -0.324 e. The van der Waals surface area contributed by atoms with Crippen LogP contribution in [0.5, 0.6) is 0 Å². The second kappa shape index (κ2) is 7.10. The van der Waals surface area contributed by atoms with Crippen molar-refractivity contribution in [1.82, 2.24) is 15.0 Å². The maximum absolute atomic E-state index is 13.0. The molecule has 3 aromatic carbocycles. The first-order valence-corrected chi connectivity index (χ1v) is 9.48. The fourth-order valence-corrected chi connectivity index (χ4v) is 3.70. The van der Waals surface area contributed by atoms with E-state index in [0.717, 1.165) is 4.68 Å². The zero-order valence-electron chi connectivity index (χ0n) is 16.0. The van der Waals surface area contributed by atoms with Crippen molar-refractivity contribution < 1.29 is 14.4 Å². The van der Waals surface area contributed by atoms with Crippen molar-refractivity contribution >= 4 is 34.1 Å². The summed E-state index contributed by atoms with van der Waals surface area (Å²) in [7, 11) is 0. The van der Waals surface area contributed by atoms with E-state index in [1.54, 1.807) is 66.7 Å². The summed E-state index contributed by atoms with van der Waals surface area (Å²) >= 11 is 0. The zero-order valence-corrected chi connectivity index (χ0v) is 16.0. The highest BCUT2D eigenvalue weighted by atomic mass is 16.2. The molecule has 0 atom stereocenters. The molecule has 1 heterocycles. The van der Waals surface area contributed by atoms with Gasteiger partial charge in [-0.25, -0.2) is 4.68 Å². The molecule has 1 aromatic heterocycles. The summed E-state index contributed by atoms with van der Waals surface area (Å²) in [5.41, 5.74) is 1.18. The number of benzene rings is 3. The Morgan fingerprint density at radius 2 is 1.48 bits per heavy atom. The summed E-state index contributed by atoms with van der Waals surface area (Å²) < 4.78 is 0.954. The predicted molar refractivity (Wildman–Crippen MR) is 112 cm³/mol. The molecule has 4 aromatic rings. The van der Waals surface area contributed by atoms with Gasteiger partial charge < -0.3 is 5.32 Å². The normalized spacial score (nSPS) is 12.4. The molecule has 31 heavy (non-hydrogen) atoms. The maximum atomic E-state index is 13.0. The van der Waals surface area contributed by atoms with Crippen LogP contribution in [0, 0.1) is 0 Å². The molecular weight excluding hydrogens is 396 g/mol. The van der Waals surface area contributed by atoms with Gasteiger partial charge in [-0.3, -0.25) is 19.2 Å². The molecule has 0 spiro atoms. The third-order valence-corrected chi connectivity index (χ3v) is 5.15. The van der Waals surface area contributed by atoms with E-state index in [1.807, 2.05) is 0 Å². The highest BCUT2D eigenvalue weighted by Crippen LogP contribution is 2.31. The quantitative estimate of drug-likeness (QED) is 0.488. The van der Waals surface area contributed by atoms with Gasteiger partial charge in [-0.2, -0.15) is 0 Å². The van der Waals surface area contributed by atoms with E-state index in [9.17, 15) is 19.2 Å². The molecule has 0 radical (unpaired) electrons. The number of ketones is 2. The summed E-state index contributed by atoms with van der Waals surface area (Å²) in [6, 6.07) is 18.0. The molecule has 1 aliphatic rings. The van der Waals surface area contributed by atoms with Crippen LogP contribution in [0.25, 0.3) is 10.9 Å². The molecular formula is C23H14N4O4. The second-order valence-electron chi connectivity index (χ2n) is 7.05. The van der Waals surface area contributed by atoms with Crippen molar-refractivity contribution in [3.63, 3.8) is 0 Å². The van der Waals surface area contributed by atoms with Gasteiger partial charge in [0.25, 0.3) is 5.56 Å². The van der Waals surface area contributed by atoms with Gasteiger partial charge in [-0.05, 0) is 18.2 Å². The Morgan fingerprint density at radius 1 is 0.806 bits per heavy atom. The smallest absolute Gasteiger partial charge is 0.278 e. The number of nitrogens with zero attached hydrogens (tertiary/aromatic N) is 3. The Morgan fingerprint density at radius 3 is 2.29 bits per heavy atom. The van der Waals surface area contributed by atoms with Crippen LogP contribution < -0.4 is 10.9 Å². The molecule has 0 saturated carbocycles. The maximum Gasteiger partial charge on any atom is 0.278 e. The van der Waals surface area contributed by atoms with Crippen molar-refractivity contribution in [3.05, 3.63) is 99.3 Å². The lowest BCUT2D eigenvalue weighted by molar-refractivity contribution is -0.117. The summed E-state index contributed by atoms with van der Waals surface area (Å²) in [5.74, 6) is -1.19. The number of carbonyl (C=O) groups is 3. The standard InChI is InChI=1S/C23H14N4O4/c28-19(12-27-23(31)15-8-3-4-10-17(15)25-26-27)24-18-11-5-9-16-20(18)22(30)14-7-2-1-6-13(14)21(16)29/h1-11H,12H2,(H,24,28). The number of fused-ring (bicyclic) bond motifs is 3. The van der Waals surface area contributed by atoms with E-state index >= 15 is 0 Å². The molecule has 0 bridgehead atoms. The van der Waals surface area contributed by atoms with E-state index in [4.69, 9.17) is 0 Å². The van der Waals surface area contributed by atoms with Crippen LogP contribution in [-0.4, -0.2) is 32.5 Å². The third-order valence-electron chi connectivity index (χ3n) is 5.15. The number of nitrogens with one attached hydrogen (secondary N) is 1. The van der Waals surface area contributed by atoms with Crippen molar-refractivity contribution in [2.75, 3.05) is 5.32 Å². The van der Waals surface area contributed by atoms with E-state index in [0.29, 0.717) is 22.0 Å². The SMILES string of the molecule is O=C(Cn1nnc2ccccc2c1=O)Nc1cccc2c1C(=O)c1ccccc1C2=O. The molecule has 0 unspecified atom stereocenters. The number of carbonyl (C=O) groups excluding carboxylic acids is 3. The van der Waals surface area contributed by atoms with Crippen molar-refractivity contribution in [2.24, 2.45) is 0 Å². The summed E-state index contributed by atoms with van der Waals surface area (Å²) in [6.07, 6.45) is 0. The second-order valence-corrected chi connectivity index (χ2v) is 7.05. The van der Waals surface area contributed by atoms with Gasteiger partial charge >= 0.3 is 0 Å². The van der Waals surface area contributed by atoms with E-state index in [-0.39, 0.29) is 34.9 Å². The number of aromatic nitrogens is 3. The number of anilines is 1. The monoisotopic (exact) mass is 410 g/mol. The van der Waals surface area contributed by atoms with Gasteiger partial charge in [0.2, 0.25) is 5.91 Å².